The molecule has 0 aliphatic carbocycles. The van der Waals surface area contributed by atoms with Crippen LogP contribution >= 0.6 is 0 Å². The number of amides is 1. The van der Waals surface area contributed by atoms with Crippen molar-refractivity contribution in [3.63, 3.8) is 0 Å². The van der Waals surface area contributed by atoms with Crippen LogP contribution in [0.5, 0.6) is 5.75 Å². The number of fused-ring (bicyclic) bond motifs is 1. The molecule has 6 nitrogen and oxygen atoms in total. The van der Waals surface area contributed by atoms with Gasteiger partial charge in [0.1, 0.15) is 17.9 Å². The molecule has 1 aliphatic heterocycles. The normalized spacial score (nSPS) is 18.8. The lowest BCUT2D eigenvalue weighted by molar-refractivity contribution is -0.122. The van der Waals surface area contributed by atoms with Crippen molar-refractivity contribution in [2.75, 3.05) is 46.9 Å². The first kappa shape index (κ1) is 18.6. The fourth-order valence-corrected chi connectivity index (χ4v) is 3.29. The Morgan fingerprint density at radius 1 is 1.27 bits per heavy atom. The van der Waals surface area contributed by atoms with Gasteiger partial charge in [-0.1, -0.05) is 18.2 Å². The number of piperazine rings is 1. The lowest BCUT2D eigenvalue weighted by Gasteiger charge is -2.37. The van der Waals surface area contributed by atoms with Gasteiger partial charge in [-0.05, 0) is 33.2 Å². The molecule has 1 atom stereocenters. The number of aryl methyl sites for hydroxylation is 1. The fraction of sp³-hybridized carbons (Fsp3) is 0.500. The highest BCUT2D eigenvalue weighted by molar-refractivity contribution is 5.84. The number of nitrogens with one attached hydrogen (secondary N) is 1. The summed E-state index contributed by atoms with van der Waals surface area (Å²) in [5.74, 6) is 0.835. The van der Waals surface area contributed by atoms with Crippen LogP contribution in [0.4, 0.5) is 0 Å². The van der Waals surface area contributed by atoms with Gasteiger partial charge in [0, 0.05) is 43.2 Å². The number of rotatable bonds is 6. The number of likely N-dealkylation sites (N-methyl/N-ethyl adjacent to an activating group) is 2. The van der Waals surface area contributed by atoms with Crippen LogP contribution in [0.3, 0.4) is 0 Å². The van der Waals surface area contributed by atoms with E-state index in [0.29, 0.717) is 19.6 Å². The zero-order chi connectivity index (χ0) is 18.5. The summed E-state index contributed by atoms with van der Waals surface area (Å²) < 4.78 is 5.86. The summed E-state index contributed by atoms with van der Waals surface area (Å²) in [6.07, 6.45) is 0.524. The summed E-state index contributed by atoms with van der Waals surface area (Å²) in [6, 6.07) is 10.2. The first-order valence-corrected chi connectivity index (χ1v) is 9.17. The van der Waals surface area contributed by atoms with Crippen molar-refractivity contribution < 1.29 is 9.53 Å². The van der Waals surface area contributed by atoms with E-state index in [0.717, 1.165) is 42.0 Å². The Bertz CT molecular complexity index is 765. The highest BCUT2D eigenvalue weighted by Gasteiger charge is 2.24. The van der Waals surface area contributed by atoms with Crippen molar-refractivity contribution in [1.82, 2.24) is 20.1 Å². The maximum atomic E-state index is 12.2. The number of carbonyl (C=O) groups is 1. The summed E-state index contributed by atoms with van der Waals surface area (Å²) >= 11 is 0. The highest BCUT2D eigenvalue weighted by atomic mass is 16.5. The van der Waals surface area contributed by atoms with Crippen molar-refractivity contribution >= 4 is 16.8 Å². The van der Waals surface area contributed by atoms with Crippen LogP contribution in [0.1, 0.15) is 12.1 Å². The lowest BCUT2D eigenvalue weighted by atomic mass is 10.1. The minimum absolute atomic E-state index is 0.0765. The van der Waals surface area contributed by atoms with Crippen LogP contribution in [-0.2, 0) is 4.79 Å². The molecular formula is C20H28N4O2. The molecule has 1 aliphatic rings. The van der Waals surface area contributed by atoms with Gasteiger partial charge in [0.2, 0.25) is 5.91 Å². The van der Waals surface area contributed by atoms with Crippen molar-refractivity contribution in [2.45, 2.75) is 19.4 Å². The summed E-state index contributed by atoms with van der Waals surface area (Å²) in [4.78, 5) is 21.3. The molecule has 1 saturated heterocycles. The minimum Gasteiger partial charge on any atom is -0.489 e. The number of benzene rings is 1. The molecule has 0 radical (unpaired) electrons. The minimum atomic E-state index is 0.0765. The van der Waals surface area contributed by atoms with Crippen molar-refractivity contribution in [3.8, 4) is 5.75 Å². The summed E-state index contributed by atoms with van der Waals surface area (Å²) in [6.45, 7) is 5.89. The van der Waals surface area contributed by atoms with E-state index in [2.05, 4.69) is 34.2 Å². The predicted molar refractivity (Wildman–Crippen MR) is 104 cm³/mol. The molecular weight excluding hydrogens is 328 g/mol. The molecule has 0 unspecified atom stereocenters. The number of nitrogens with zero attached hydrogens (tertiary/aromatic N) is 3. The molecule has 6 heteroatoms. The molecule has 140 valence electrons. The zero-order valence-corrected chi connectivity index (χ0v) is 15.9. The van der Waals surface area contributed by atoms with Crippen LogP contribution in [0.2, 0.25) is 0 Å². The number of hydrogen-bond acceptors (Lipinski definition) is 5. The third-order valence-corrected chi connectivity index (χ3v) is 4.91. The summed E-state index contributed by atoms with van der Waals surface area (Å²) in [5.41, 5.74) is 1.83. The van der Waals surface area contributed by atoms with Gasteiger partial charge in [-0.15, -0.1) is 0 Å². The Morgan fingerprint density at radius 3 is 2.96 bits per heavy atom. The largest absolute Gasteiger partial charge is 0.489 e. The maximum Gasteiger partial charge on any atom is 0.221 e. The summed E-state index contributed by atoms with van der Waals surface area (Å²) in [7, 11) is 4.19. The SMILES string of the molecule is Cc1ccc2cccc(OCCNC(=O)C[C@H]3CN(C)CCN3C)c2n1. The van der Waals surface area contributed by atoms with Gasteiger partial charge in [0.05, 0.1) is 6.54 Å². The number of pyridine rings is 1. The Morgan fingerprint density at radius 2 is 2.12 bits per heavy atom. The van der Waals surface area contributed by atoms with Crippen LogP contribution in [0.15, 0.2) is 30.3 Å². The van der Waals surface area contributed by atoms with E-state index in [4.69, 9.17) is 4.74 Å². The molecule has 3 rings (SSSR count). The van der Waals surface area contributed by atoms with Gasteiger partial charge >= 0.3 is 0 Å². The molecule has 1 N–H and O–H groups in total. The number of para-hydroxylation sites is 1. The molecule has 1 aromatic carbocycles. The van der Waals surface area contributed by atoms with Crippen molar-refractivity contribution in [2.24, 2.45) is 0 Å². The van der Waals surface area contributed by atoms with E-state index in [1.807, 2.05) is 37.3 Å². The third kappa shape index (κ3) is 4.71. The number of carbonyl (C=O) groups excluding carboxylic acids is 1. The molecule has 26 heavy (non-hydrogen) atoms. The van der Waals surface area contributed by atoms with E-state index in [9.17, 15) is 4.79 Å². The van der Waals surface area contributed by atoms with Gasteiger partial charge in [-0.3, -0.25) is 4.79 Å². The van der Waals surface area contributed by atoms with Gasteiger partial charge in [-0.25, -0.2) is 4.98 Å². The first-order chi connectivity index (χ1) is 12.5. The highest BCUT2D eigenvalue weighted by Crippen LogP contribution is 2.23. The van der Waals surface area contributed by atoms with Crippen molar-refractivity contribution in [1.29, 1.82) is 0 Å². The molecule has 0 bridgehead atoms. The maximum absolute atomic E-state index is 12.2. The van der Waals surface area contributed by atoms with Crippen LogP contribution in [-0.4, -0.2) is 73.6 Å². The van der Waals surface area contributed by atoms with Crippen LogP contribution < -0.4 is 10.1 Å². The molecule has 1 fully saturated rings. The predicted octanol–water partition coefficient (Wildman–Crippen LogP) is 1.67. The Balaban J connectivity index is 1.47. The molecule has 1 aromatic heterocycles. The average Bonchev–Trinajstić information content (AvgIpc) is 2.62. The lowest BCUT2D eigenvalue weighted by Crippen LogP contribution is -2.51. The number of ether oxygens (including phenoxy) is 1. The van der Waals surface area contributed by atoms with E-state index in [1.165, 1.54) is 0 Å². The monoisotopic (exact) mass is 356 g/mol. The van der Waals surface area contributed by atoms with E-state index in [-0.39, 0.29) is 11.9 Å². The molecule has 1 amide bonds. The smallest absolute Gasteiger partial charge is 0.221 e. The number of aromatic nitrogens is 1. The fourth-order valence-electron chi connectivity index (χ4n) is 3.29. The van der Waals surface area contributed by atoms with Gasteiger partial charge in [0.25, 0.3) is 0 Å². The third-order valence-electron chi connectivity index (χ3n) is 4.91. The van der Waals surface area contributed by atoms with Gasteiger partial charge in [0.15, 0.2) is 0 Å². The van der Waals surface area contributed by atoms with E-state index in [1.54, 1.807) is 0 Å². The molecule has 0 saturated carbocycles. The zero-order valence-electron chi connectivity index (χ0n) is 15.9. The Hall–Kier alpha value is -2.18. The summed E-state index contributed by atoms with van der Waals surface area (Å²) in [5, 5.41) is 4.02. The Kier molecular flexibility index (Phi) is 6.06. The second-order valence-corrected chi connectivity index (χ2v) is 7.08. The molecule has 2 heterocycles. The standard InChI is InChI=1S/C20H28N4O2/c1-15-7-8-16-5-4-6-18(20(16)22-15)26-12-9-21-19(25)13-17-14-23(2)10-11-24(17)3/h4-8,17H,9-14H2,1-3H3,(H,21,25)/t17-/m0/s1. The van der Waals surface area contributed by atoms with Gasteiger partial charge < -0.3 is 19.9 Å². The van der Waals surface area contributed by atoms with E-state index >= 15 is 0 Å². The first-order valence-electron chi connectivity index (χ1n) is 9.17. The van der Waals surface area contributed by atoms with E-state index < -0.39 is 0 Å². The topological polar surface area (TPSA) is 57.7 Å². The Labute approximate surface area is 155 Å². The molecule has 2 aromatic rings. The van der Waals surface area contributed by atoms with Crippen LogP contribution in [0.25, 0.3) is 10.9 Å². The van der Waals surface area contributed by atoms with Crippen LogP contribution in [0, 0.1) is 6.92 Å². The second-order valence-electron chi connectivity index (χ2n) is 7.08. The van der Waals surface area contributed by atoms with Gasteiger partial charge in [-0.2, -0.15) is 0 Å². The number of hydrogen-bond donors (Lipinski definition) is 1. The quantitative estimate of drug-likeness (QED) is 0.798. The molecule has 0 spiro atoms. The second kappa shape index (κ2) is 8.47. The van der Waals surface area contributed by atoms with Crippen molar-refractivity contribution in [3.05, 3.63) is 36.0 Å². The average molecular weight is 356 g/mol.